The van der Waals surface area contributed by atoms with Gasteiger partial charge < -0.3 is 10.2 Å². The zero-order valence-electron chi connectivity index (χ0n) is 11.6. The lowest BCUT2D eigenvalue weighted by atomic mass is 10.3. The van der Waals surface area contributed by atoms with Crippen molar-refractivity contribution in [2.45, 2.75) is 13.8 Å². The van der Waals surface area contributed by atoms with Crippen molar-refractivity contribution in [2.24, 2.45) is 0 Å². The normalized spacial score (nSPS) is 10.5. The first-order valence-electron chi connectivity index (χ1n) is 6.42. The second kappa shape index (κ2) is 6.62. The third kappa shape index (κ3) is 3.75. The molecule has 0 fully saturated rings. The molecule has 8 heteroatoms. The van der Waals surface area contributed by atoms with Crippen molar-refractivity contribution in [3.63, 3.8) is 0 Å². The monoisotopic (exact) mass is 313 g/mol. The van der Waals surface area contributed by atoms with Gasteiger partial charge in [-0.25, -0.2) is 8.78 Å². The van der Waals surface area contributed by atoms with Crippen LogP contribution in [0.3, 0.4) is 0 Å². The van der Waals surface area contributed by atoms with Crippen LogP contribution in [0.2, 0.25) is 5.28 Å². The zero-order chi connectivity index (χ0) is 15.4. The van der Waals surface area contributed by atoms with Crippen LogP contribution < -0.4 is 10.2 Å². The molecule has 0 aliphatic rings. The van der Waals surface area contributed by atoms with E-state index in [0.717, 1.165) is 12.1 Å². The standard InChI is InChI=1S/C13H14ClF2N5/c1-3-21(4-2)13-19-11(14)18-12(20-13)17-10-6-5-8(15)7-9(10)16/h5-7H,3-4H2,1-2H3,(H,17,18,19,20). The van der Waals surface area contributed by atoms with Crippen molar-refractivity contribution in [1.82, 2.24) is 15.0 Å². The highest BCUT2D eigenvalue weighted by Gasteiger charge is 2.12. The van der Waals surface area contributed by atoms with Gasteiger partial charge in [0.2, 0.25) is 17.2 Å². The number of benzene rings is 1. The van der Waals surface area contributed by atoms with Crippen molar-refractivity contribution >= 4 is 29.2 Å². The Balaban J connectivity index is 2.31. The summed E-state index contributed by atoms with van der Waals surface area (Å²) >= 11 is 5.86. The van der Waals surface area contributed by atoms with Crippen molar-refractivity contribution in [1.29, 1.82) is 0 Å². The molecule has 2 aromatic rings. The molecule has 0 bridgehead atoms. The first-order chi connectivity index (χ1) is 10.0. The maximum atomic E-state index is 13.6. The summed E-state index contributed by atoms with van der Waals surface area (Å²) in [5, 5.41) is 2.67. The van der Waals surface area contributed by atoms with E-state index in [2.05, 4.69) is 20.3 Å². The molecule has 0 atom stereocenters. The third-order valence-electron chi connectivity index (χ3n) is 2.82. The molecule has 1 heterocycles. The quantitative estimate of drug-likeness (QED) is 0.917. The molecule has 0 unspecified atom stereocenters. The second-order valence-electron chi connectivity index (χ2n) is 4.15. The predicted molar refractivity (Wildman–Crippen MR) is 78.0 cm³/mol. The van der Waals surface area contributed by atoms with Gasteiger partial charge in [-0.15, -0.1) is 0 Å². The van der Waals surface area contributed by atoms with E-state index in [1.165, 1.54) is 6.07 Å². The summed E-state index contributed by atoms with van der Waals surface area (Å²) in [5.41, 5.74) is 0.0594. The molecule has 21 heavy (non-hydrogen) atoms. The molecule has 112 valence electrons. The van der Waals surface area contributed by atoms with E-state index in [1.807, 2.05) is 18.7 Å². The predicted octanol–water partition coefficient (Wildman–Crippen LogP) is 3.39. The Bertz CT molecular complexity index is 634. The average molecular weight is 314 g/mol. The summed E-state index contributed by atoms with van der Waals surface area (Å²) in [6, 6.07) is 3.18. The molecular formula is C13H14ClF2N5. The van der Waals surface area contributed by atoms with Gasteiger partial charge in [-0.3, -0.25) is 0 Å². The van der Waals surface area contributed by atoms with Gasteiger partial charge in [-0.05, 0) is 37.6 Å². The smallest absolute Gasteiger partial charge is 0.233 e. The van der Waals surface area contributed by atoms with E-state index in [0.29, 0.717) is 19.0 Å². The molecule has 2 rings (SSSR count). The molecule has 0 amide bonds. The van der Waals surface area contributed by atoms with Crippen LogP contribution in [0.25, 0.3) is 0 Å². The number of hydrogen-bond donors (Lipinski definition) is 1. The minimum Gasteiger partial charge on any atom is -0.341 e. The van der Waals surface area contributed by atoms with Gasteiger partial charge in [0.1, 0.15) is 11.6 Å². The van der Waals surface area contributed by atoms with E-state index >= 15 is 0 Å². The molecule has 0 aliphatic heterocycles. The highest BCUT2D eigenvalue weighted by molar-refractivity contribution is 6.28. The highest BCUT2D eigenvalue weighted by Crippen LogP contribution is 2.20. The van der Waals surface area contributed by atoms with Crippen molar-refractivity contribution in [3.05, 3.63) is 35.1 Å². The summed E-state index contributed by atoms with van der Waals surface area (Å²) in [7, 11) is 0. The molecule has 1 aromatic heterocycles. The minimum atomic E-state index is -0.740. The van der Waals surface area contributed by atoms with E-state index in [-0.39, 0.29) is 16.9 Å². The lowest BCUT2D eigenvalue weighted by Gasteiger charge is -2.18. The van der Waals surface area contributed by atoms with Crippen LogP contribution in [0.4, 0.5) is 26.4 Å². The molecule has 0 aliphatic carbocycles. The van der Waals surface area contributed by atoms with Crippen molar-refractivity contribution < 1.29 is 8.78 Å². The number of rotatable bonds is 5. The van der Waals surface area contributed by atoms with E-state index < -0.39 is 11.6 Å². The Labute approximate surface area is 126 Å². The van der Waals surface area contributed by atoms with Crippen LogP contribution in [0.15, 0.2) is 18.2 Å². The largest absolute Gasteiger partial charge is 0.341 e. The zero-order valence-corrected chi connectivity index (χ0v) is 12.3. The third-order valence-corrected chi connectivity index (χ3v) is 2.99. The van der Waals surface area contributed by atoms with Gasteiger partial charge in [-0.2, -0.15) is 15.0 Å². The highest BCUT2D eigenvalue weighted by atomic mass is 35.5. The van der Waals surface area contributed by atoms with Gasteiger partial charge in [0, 0.05) is 19.2 Å². The fourth-order valence-corrected chi connectivity index (χ4v) is 1.91. The molecule has 1 aromatic carbocycles. The number of nitrogens with one attached hydrogen (secondary N) is 1. The van der Waals surface area contributed by atoms with Gasteiger partial charge in [-0.1, -0.05) is 0 Å². The lowest BCUT2D eigenvalue weighted by Crippen LogP contribution is -2.24. The first-order valence-corrected chi connectivity index (χ1v) is 6.79. The van der Waals surface area contributed by atoms with Gasteiger partial charge in [0.05, 0.1) is 5.69 Å². The van der Waals surface area contributed by atoms with E-state index in [4.69, 9.17) is 11.6 Å². The summed E-state index contributed by atoms with van der Waals surface area (Å²) in [5.74, 6) is -0.904. The van der Waals surface area contributed by atoms with Crippen molar-refractivity contribution in [3.8, 4) is 0 Å². The Hall–Kier alpha value is -2.02. The van der Waals surface area contributed by atoms with Crippen LogP contribution in [-0.4, -0.2) is 28.0 Å². The SMILES string of the molecule is CCN(CC)c1nc(Cl)nc(Nc2ccc(F)cc2F)n1. The fraction of sp³-hybridized carbons (Fsp3) is 0.308. The number of hydrogen-bond acceptors (Lipinski definition) is 5. The summed E-state index contributed by atoms with van der Waals surface area (Å²) < 4.78 is 26.5. The van der Waals surface area contributed by atoms with Gasteiger partial charge in [0.15, 0.2) is 0 Å². The molecule has 0 radical (unpaired) electrons. The Morgan fingerprint density at radius 1 is 1.14 bits per heavy atom. The molecule has 0 spiro atoms. The topological polar surface area (TPSA) is 53.9 Å². The maximum Gasteiger partial charge on any atom is 0.233 e. The van der Waals surface area contributed by atoms with Crippen LogP contribution in [0.5, 0.6) is 0 Å². The number of halogens is 3. The van der Waals surface area contributed by atoms with Gasteiger partial charge in [0.25, 0.3) is 0 Å². The van der Waals surface area contributed by atoms with E-state index in [9.17, 15) is 8.78 Å². The van der Waals surface area contributed by atoms with Crippen LogP contribution >= 0.6 is 11.6 Å². The van der Waals surface area contributed by atoms with Crippen LogP contribution in [0, 0.1) is 11.6 Å². The summed E-state index contributed by atoms with van der Waals surface area (Å²) in [6.07, 6.45) is 0. The first kappa shape index (κ1) is 15.4. The Morgan fingerprint density at radius 3 is 2.48 bits per heavy atom. The molecule has 1 N–H and O–H groups in total. The molecule has 0 saturated carbocycles. The molecular weight excluding hydrogens is 300 g/mol. The number of anilines is 3. The van der Waals surface area contributed by atoms with E-state index in [1.54, 1.807) is 0 Å². The fourth-order valence-electron chi connectivity index (χ4n) is 1.75. The molecule has 5 nitrogen and oxygen atoms in total. The van der Waals surface area contributed by atoms with Crippen LogP contribution in [0.1, 0.15) is 13.8 Å². The Morgan fingerprint density at radius 2 is 1.86 bits per heavy atom. The second-order valence-corrected chi connectivity index (χ2v) is 4.49. The maximum absolute atomic E-state index is 13.6. The van der Waals surface area contributed by atoms with Crippen LogP contribution in [-0.2, 0) is 0 Å². The van der Waals surface area contributed by atoms with Gasteiger partial charge >= 0.3 is 0 Å². The minimum absolute atomic E-state index is 0.00285. The Kier molecular flexibility index (Phi) is 4.85. The number of nitrogens with zero attached hydrogens (tertiary/aromatic N) is 4. The summed E-state index contributed by atoms with van der Waals surface area (Å²) in [6.45, 7) is 5.30. The van der Waals surface area contributed by atoms with Crippen molar-refractivity contribution in [2.75, 3.05) is 23.3 Å². The molecule has 0 saturated heterocycles. The lowest BCUT2D eigenvalue weighted by molar-refractivity contribution is 0.586. The number of aromatic nitrogens is 3. The summed E-state index contributed by atoms with van der Waals surface area (Å²) in [4.78, 5) is 14.0. The average Bonchev–Trinajstić information content (AvgIpc) is 2.43.